The van der Waals surface area contributed by atoms with Crippen molar-refractivity contribution < 1.29 is 18.7 Å². The highest BCUT2D eigenvalue weighted by atomic mass is 19.1. The van der Waals surface area contributed by atoms with E-state index in [0.29, 0.717) is 44.5 Å². The monoisotopic (exact) mass is 427 g/mol. The molecule has 31 heavy (non-hydrogen) atoms. The van der Waals surface area contributed by atoms with Crippen LogP contribution in [0.3, 0.4) is 0 Å². The lowest BCUT2D eigenvalue weighted by Gasteiger charge is -2.26. The average Bonchev–Trinajstić information content (AvgIpc) is 3.43. The summed E-state index contributed by atoms with van der Waals surface area (Å²) in [5.41, 5.74) is -0.124. The summed E-state index contributed by atoms with van der Waals surface area (Å²) in [4.78, 5) is 2.22. The Kier molecular flexibility index (Phi) is 8.64. The molecule has 5 heteroatoms. The lowest BCUT2D eigenvalue weighted by Crippen LogP contribution is -2.31. The second-order valence-corrected chi connectivity index (χ2v) is 8.39. The summed E-state index contributed by atoms with van der Waals surface area (Å²) in [6, 6.07) is 10.5. The van der Waals surface area contributed by atoms with E-state index in [4.69, 9.17) is 9.15 Å². The molecular weight excluding hydrogens is 393 g/mol. The van der Waals surface area contributed by atoms with Gasteiger partial charge in [-0.15, -0.1) is 13.2 Å². The summed E-state index contributed by atoms with van der Waals surface area (Å²) < 4.78 is 25.6. The summed E-state index contributed by atoms with van der Waals surface area (Å²) in [6.07, 6.45) is 8.42. The number of furan rings is 1. The number of rotatable bonds is 13. The van der Waals surface area contributed by atoms with Crippen LogP contribution in [0, 0.1) is 5.82 Å². The maximum atomic E-state index is 13.7. The van der Waals surface area contributed by atoms with Crippen molar-refractivity contribution in [2.24, 2.45) is 0 Å². The maximum Gasteiger partial charge on any atom is 0.135 e. The van der Waals surface area contributed by atoms with Crippen molar-refractivity contribution in [1.82, 2.24) is 4.90 Å². The van der Waals surface area contributed by atoms with Crippen LogP contribution in [0.15, 0.2) is 66.1 Å². The van der Waals surface area contributed by atoms with Gasteiger partial charge in [-0.25, -0.2) is 4.39 Å². The predicted molar refractivity (Wildman–Crippen MR) is 121 cm³/mol. The summed E-state index contributed by atoms with van der Waals surface area (Å²) >= 11 is 0. The van der Waals surface area contributed by atoms with Crippen molar-refractivity contribution in [3.05, 3.63) is 84.6 Å². The summed E-state index contributed by atoms with van der Waals surface area (Å²) in [7, 11) is 0. The minimum atomic E-state index is -1.04. The molecule has 0 bridgehead atoms. The zero-order valence-corrected chi connectivity index (χ0v) is 18.3. The van der Waals surface area contributed by atoms with Gasteiger partial charge in [-0.05, 0) is 68.4 Å². The van der Waals surface area contributed by atoms with Crippen LogP contribution in [0.1, 0.15) is 55.6 Å². The highest BCUT2D eigenvalue weighted by Crippen LogP contribution is 2.33. The lowest BCUT2D eigenvalue weighted by molar-refractivity contribution is -0.00261. The van der Waals surface area contributed by atoms with Crippen LogP contribution < -0.4 is 0 Å². The predicted octanol–water partition coefficient (Wildman–Crippen LogP) is 5.72. The molecule has 1 aliphatic rings. The molecule has 1 fully saturated rings. The summed E-state index contributed by atoms with van der Waals surface area (Å²) in [5.74, 6) is 1.12. The molecule has 0 aliphatic carbocycles. The number of halogens is 1. The number of allylic oxidation sites excluding steroid dienone is 2. The third-order valence-corrected chi connectivity index (χ3v) is 5.80. The van der Waals surface area contributed by atoms with Gasteiger partial charge in [-0.1, -0.05) is 24.3 Å². The first-order valence-electron chi connectivity index (χ1n) is 11.1. The molecule has 1 aromatic heterocycles. The molecule has 0 saturated carbocycles. The van der Waals surface area contributed by atoms with E-state index in [-0.39, 0.29) is 11.9 Å². The van der Waals surface area contributed by atoms with E-state index >= 15 is 0 Å². The van der Waals surface area contributed by atoms with Gasteiger partial charge in [0.15, 0.2) is 0 Å². The van der Waals surface area contributed by atoms with Gasteiger partial charge in [0.1, 0.15) is 22.9 Å². The Morgan fingerprint density at radius 3 is 2.55 bits per heavy atom. The van der Waals surface area contributed by atoms with E-state index < -0.39 is 5.60 Å². The lowest BCUT2D eigenvalue weighted by atomic mass is 9.89. The second kappa shape index (κ2) is 11.4. The molecule has 1 saturated heterocycles. The minimum Gasteiger partial charge on any atom is -0.462 e. The van der Waals surface area contributed by atoms with Crippen LogP contribution in [0.5, 0.6) is 0 Å². The van der Waals surface area contributed by atoms with Crippen LogP contribution in [0.25, 0.3) is 0 Å². The number of benzene rings is 1. The topological polar surface area (TPSA) is 45.8 Å². The quantitative estimate of drug-likeness (QED) is 0.415. The van der Waals surface area contributed by atoms with E-state index in [0.717, 1.165) is 37.3 Å². The molecule has 4 nitrogen and oxygen atoms in total. The van der Waals surface area contributed by atoms with E-state index in [2.05, 4.69) is 18.1 Å². The molecular formula is C26H34FNO3. The number of nitrogens with zero attached hydrogens (tertiary/aromatic N) is 1. The molecule has 1 atom stereocenters. The van der Waals surface area contributed by atoms with E-state index in [1.54, 1.807) is 12.1 Å². The van der Waals surface area contributed by atoms with Gasteiger partial charge >= 0.3 is 0 Å². The van der Waals surface area contributed by atoms with Crippen LogP contribution in [-0.4, -0.2) is 29.3 Å². The average molecular weight is 428 g/mol. The standard InChI is InChI=1S/C26H34FNO3/c1-3-5-14-26(29,15-6-4-2)25-13-12-24(31-25)20-28(19-23-11-8-16-30-23)18-21-9-7-10-22(27)17-21/h3-4,7,9-10,12-13,17,23,29H,1-2,5-6,8,11,14-16,18-20H2. The van der Waals surface area contributed by atoms with Gasteiger partial charge < -0.3 is 14.3 Å². The largest absolute Gasteiger partial charge is 0.462 e. The highest BCUT2D eigenvalue weighted by Gasteiger charge is 2.31. The molecule has 0 amide bonds. The third kappa shape index (κ3) is 6.89. The van der Waals surface area contributed by atoms with Crippen molar-refractivity contribution >= 4 is 0 Å². The smallest absolute Gasteiger partial charge is 0.135 e. The fraction of sp³-hybridized carbons (Fsp3) is 0.462. The fourth-order valence-electron chi connectivity index (χ4n) is 4.14. The molecule has 2 heterocycles. The van der Waals surface area contributed by atoms with Gasteiger partial charge in [0.05, 0.1) is 12.6 Å². The minimum absolute atomic E-state index is 0.181. The van der Waals surface area contributed by atoms with E-state index in [1.165, 1.54) is 6.07 Å². The van der Waals surface area contributed by atoms with E-state index in [9.17, 15) is 9.50 Å². The van der Waals surface area contributed by atoms with Crippen LogP contribution in [0.2, 0.25) is 0 Å². The van der Waals surface area contributed by atoms with Gasteiger partial charge in [-0.3, -0.25) is 4.90 Å². The van der Waals surface area contributed by atoms with Crippen LogP contribution in [-0.2, 0) is 23.4 Å². The first-order chi connectivity index (χ1) is 15.0. The highest BCUT2D eigenvalue weighted by molar-refractivity contribution is 5.17. The van der Waals surface area contributed by atoms with Crippen molar-refractivity contribution in [2.45, 2.75) is 63.3 Å². The van der Waals surface area contributed by atoms with E-state index in [1.807, 2.05) is 30.4 Å². The number of hydrogen-bond donors (Lipinski definition) is 1. The Bertz CT molecular complexity index is 829. The molecule has 1 N–H and O–H groups in total. The Morgan fingerprint density at radius 2 is 1.90 bits per heavy atom. The number of aliphatic hydroxyl groups is 1. The van der Waals surface area contributed by atoms with Crippen molar-refractivity contribution in [1.29, 1.82) is 0 Å². The second-order valence-electron chi connectivity index (χ2n) is 8.39. The summed E-state index contributed by atoms with van der Waals surface area (Å²) in [5, 5.41) is 11.2. The molecule has 168 valence electrons. The first kappa shape index (κ1) is 23.5. The van der Waals surface area contributed by atoms with Crippen LogP contribution >= 0.6 is 0 Å². The first-order valence-corrected chi connectivity index (χ1v) is 11.1. The van der Waals surface area contributed by atoms with Gasteiger partial charge in [0, 0.05) is 19.7 Å². The zero-order valence-electron chi connectivity index (χ0n) is 18.3. The van der Waals surface area contributed by atoms with Gasteiger partial charge in [-0.2, -0.15) is 0 Å². The Morgan fingerprint density at radius 1 is 1.13 bits per heavy atom. The Hall–Kier alpha value is -2.21. The number of hydrogen-bond acceptors (Lipinski definition) is 4. The molecule has 1 aromatic carbocycles. The normalized spacial score (nSPS) is 16.7. The SMILES string of the molecule is C=CCCC(O)(CCC=C)c1ccc(CN(Cc2cccc(F)c2)CC2CCCO2)o1. The molecule has 2 aromatic rings. The molecule has 1 unspecified atom stereocenters. The van der Waals surface area contributed by atoms with Gasteiger partial charge in [0.25, 0.3) is 0 Å². The fourth-order valence-corrected chi connectivity index (χ4v) is 4.14. The van der Waals surface area contributed by atoms with Crippen molar-refractivity contribution in [3.8, 4) is 0 Å². The Balaban J connectivity index is 1.74. The molecule has 0 radical (unpaired) electrons. The van der Waals surface area contributed by atoms with Crippen LogP contribution in [0.4, 0.5) is 4.39 Å². The molecule has 3 rings (SSSR count). The summed E-state index contributed by atoms with van der Waals surface area (Å²) in [6.45, 7) is 10.3. The van der Waals surface area contributed by atoms with Crippen molar-refractivity contribution in [3.63, 3.8) is 0 Å². The molecule has 0 spiro atoms. The van der Waals surface area contributed by atoms with Gasteiger partial charge in [0.2, 0.25) is 0 Å². The Labute approximate surface area is 185 Å². The number of ether oxygens (including phenoxy) is 1. The van der Waals surface area contributed by atoms with Crippen molar-refractivity contribution in [2.75, 3.05) is 13.2 Å². The zero-order chi connectivity index (χ0) is 22.1. The molecule has 1 aliphatic heterocycles. The maximum absolute atomic E-state index is 13.7. The third-order valence-electron chi connectivity index (χ3n) is 5.80.